The van der Waals surface area contributed by atoms with Crippen LogP contribution in [0.2, 0.25) is 0 Å². The van der Waals surface area contributed by atoms with Gasteiger partial charge in [0.05, 0.1) is 11.6 Å². The molecule has 64 valence electrons. The van der Waals surface area contributed by atoms with Gasteiger partial charge in [-0.2, -0.15) is 0 Å². The Kier molecular flexibility index (Phi) is 1.42. The molecule has 0 aromatic heterocycles. The highest BCUT2D eigenvalue weighted by atomic mass is 15.1. The number of rotatable bonds is 0. The molecule has 12 heavy (non-hydrogen) atoms. The standard InChI is InChI=1S/C10H14N2/c1-10(2)9(11)7-5-3-4-6-8(7)12-10/h3-6,9,12H,11H2,1-2H3/t9-/m1/s1. The summed E-state index contributed by atoms with van der Waals surface area (Å²) in [5.41, 5.74) is 8.45. The first kappa shape index (κ1) is 7.62. The summed E-state index contributed by atoms with van der Waals surface area (Å²) in [6.07, 6.45) is 0. The predicted octanol–water partition coefficient (Wildman–Crippen LogP) is 1.89. The van der Waals surface area contributed by atoms with Crippen LogP contribution in [0.3, 0.4) is 0 Å². The average Bonchev–Trinajstić information content (AvgIpc) is 2.24. The van der Waals surface area contributed by atoms with Crippen LogP contribution in [0, 0.1) is 0 Å². The van der Waals surface area contributed by atoms with Crippen molar-refractivity contribution in [1.29, 1.82) is 0 Å². The molecule has 1 aromatic carbocycles. The number of para-hydroxylation sites is 1. The predicted molar refractivity (Wildman–Crippen MR) is 51.1 cm³/mol. The molecule has 2 rings (SSSR count). The molecule has 0 spiro atoms. The molecule has 2 heteroatoms. The zero-order valence-electron chi connectivity index (χ0n) is 7.46. The molecule has 1 aromatic rings. The first-order chi connectivity index (χ1) is 5.61. The summed E-state index contributed by atoms with van der Waals surface area (Å²) in [6.45, 7) is 4.25. The Morgan fingerprint density at radius 3 is 2.67 bits per heavy atom. The summed E-state index contributed by atoms with van der Waals surface area (Å²) in [7, 11) is 0. The third-order valence-electron chi connectivity index (χ3n) is 2.53. The third kappa shape index (κ3) is 0.916. The fraction of sp³-hybridized carbons (Fsp3) is 0.400. The molecule has 1 aliphatic rings. The van der Waals surface area contributed by atoms with Crippen molar-refractivity contribution in [1.82, 2.24) is 0 Å². The Bertz CT molecular complexity index is 304. The van der Waals surface area contributed by atoms with Crippen molar-refractivity contribution in [3.63, 3.8) is 0 Å². The van der Waals surface area contributed by atoms with Crippen LogP contribution in [0.15, 0.2) is 24.3 Å². The quantitative estimate of drug-likeness (QED) is 0.611. The van der Waals surface area contributed by atoms with Crippen LogP contribution < -0.4 is 11.1 Å². The van der Waals surface area contributed by atoms with Gasteiger partial charge in [-0.15, -0.1) is 0 Å². The number of nitrogens with two attached hydrogens (primary N) is 1. The minimum atomic E-state index is -0.0102. The van der Waals surface area contributed by atoms with Crippen molar-refractivity contribution in [2.75, 3.05) is 5.32 Å². The van der Waals surface area contributed by atoms with E-state index in [9.17, 15) is 0 Å². The lowest BCUT2D eigenvalue weighted by Crippen LogP contribution is -2.36. The zero-order chi connectivity index (χ0) is 8.77. The largest absolute Gasteiger partial charge is 0.378 e. The van der Waals surface area contributed by atoms with Gasteiger partial charge in [0, 0.05) is 5.69 Å². The Labute approximate surface area is 72.8 Å². The van der Waals surface area contributed by atoms with Gasteiger partial charge in [-0.3, -0.25) is 0 Å². The van der Waals surface area contributed by atoms with Crippen LogP contribution in [0.5, 0.6) is 0 Å². The second-order valence-corrected chi connectivity index (χ2v) is 3.91. The van der Waals surface area contributed by atoms with Gasteiger partial charge in [0.15, 0.2) is 0 Å². The molecule has 0 amide bonds. The maximum absolute atomic E-state index is 6.06. The Hall–Kier alpha value is -1.02. The van der Waals surface area contributed by atoms with Crippen molar-refractivity contribution >= 4 is 5.69 Å². The van der Waals surface area contributed by atoms with Gasteiger partial charge in [-0.1, -0.05) is 18.2 Å². The number of hydrogen-bond donors (Lipinski definition) is 2. The van der Waals surface area contributed by atoms with Crippen LogP contribution in [-0.2, 0) is 0 Å². The molecular weight excluding hydrogens is 148 g/mol. The summed E-state index contributed by atoms with van der Waals surface area (Å²) < 4.78 is 0. The van der Waals surface area contributed by atoms with E-state index in [0.29, 0.717) is 0 Å². The molecule has 0 aliphatic carbocycles. The third-order valence-corrected chi connectivity index (χ3v) is 2.53. The minimum Gasteiger partial charge on any atom is -0.378 e. The molecule has 0 unspecified atom stereocenters. The Balaban J connectivity index is 2.49. The summed E-state index contributed by atoms with van der Waals surface area (Å²) in [6, 6.07) is 8.32. The van der Waals surface area contributed by atoms with Crippen molar-refractivity contribution in [2.24, 2.45) is 5.73 Å². The number of fused-ring (bicyclic) bond motifs is 1. The summed E-state index contributed by atoms with van der Waals surface area (Å²) in [5.74, 6) is 0. The lowest BCUT2D eigenvalue weighted by atomic mass is 9.94. The van der Waals surface area contributed by atoms with Crippen LogP contribution >= 0.6 is 0 Å². The van der Waals surface area contributed by atoms with Gasteiger partial charge in [0.25, 0.3) is 0 Å². The molecule has 1 aliphatic heterocycles. The van der Waals surface area contributed by atoms with E-state index in [1.54, 1.807) is 0 Å². The number of anilines is 1. The molecule has 0 bridgehead atoms. The number of nitrogens with one attached hydrogen (secondary N) is 1. The van der Waals surface area contributed by atoms with E-state index >= 15 is 0 Å². The van der Waals surface area contributed by atoms with Crippen LogP contribution in [0.1, 0.15) is 25.5 Å². The van der Waals surface area contributed by atoms with Crippen molar-refractivity contribution in [3.8, 4) is 0 Å². The smallest absolute Gasteiger partial charge is 0.0544 e. The summed E-state index contributed by atoms with van der Waals surface area (Å²) in [5, 5.41) is 3.40. The van der Waals surface area contributed by atoms with Gasteiger partial charge in [0.2, 0.25) is 0 Å². The molecule has 3 N–H and O–H groups in total. The highest BCUT2D eigenvalue weighted by Gasteiger charge is 2.35. The van der Waals surface area contributed by atoms with Crippen molar-refractivity contribution in [2.45, 2.75) is 25.4 Å². The second-order valence-electron chi connectivity index (χ2n) is 3.91. The highest BCUT2D eigenvalue weighted by molar-refractivity contribution is 5.60. The molecule has 1 heterocycles. The van der Waals surface area contributed by atoms with Crippen molar-refractivity contribution < 1.29 is 0 Å². The second kappa shape index (κ2) is 2.23. The molecule has 0 saturated heterocycles. The normalized spacial score (nSPS) is 24.8. The number of hydrogen-bond acceptors (Lipinski definition) is 2. The summed E-state index contributed by atoms with van der Waals surface area (Å²) >= 11 is 0. The van der Waals surface area contributed by atoms with Gasteiger partial charge >= 0.3 is 0 Å². The van der Waals surface area contributed by atoms with Gasteiger partial charge in [-0.05, 0) is 25.5 Å². The molecular formula is C10H14N2. The zero-order valence-corrected chi connectivity index (χ0v) is 7.46. The molecule has 0 fully saturated rings. The van der Waals surface area contributed by atoms with Crippen LogP contribution in [0.4, 0.5) is 5.69 Å². The lowest BCUT2D eigenvalue weighted by molar-refractivity contribution is 0.485. The molecule has 0 saturated carbocycles. The van der Waals surface area contributed by atoms with E-state index in [1.807, 2.05) is 12.1 Å². The van der Waals surface area contributed by atoms with Gasteiger partial charge < -0.3 is 11.1 Å². The Morgan fingerprint density at radius 1 is 1.33 bits per heavy atom. The van der Waals surface area contributed by atoms with Gasteiger partial charge in [0.1, 0.15) is 0 Å². The Morgan fingerprint density at radius 2 is 2.00 bits per heavy atom. The number of benzene rings is 1. The first-order valence-corrected chi connectivity index (χ1v) is 4.24. The monoisotopic (exact) mass is 162 g/mol. The maximum Gasteiger partial charge on any atom is 0.0544 e. The summed E-state index contributed by atoms with van der Waals surface area (Å²) in [4.78, 5) is 0. The molecule has 0 radical (unpaired) electrons. The van der Waals surface area contributed by atoms with E-state index in [2.05, 4.69) is 31.3 Å². The highest BCUT2D eigenvalue weighted by Crippen LogP contribution is 2.38. The maximum atomic E-state index is 6.06. The van der Waals surface area contributed by atoms with E-state index < -0.39 is 0 Å². The van der Waals surface area contributed by atoms with Gasteiger partial charge in [-0.25, -0.2) is 0 Å². The van der Waals surface area contributed by atoms with Crippen LogP contribution in [-0.4, -0.2) is 5.54 Å². The van der Waals surface area contributed by atoms with E-state index in [-0.39, 0.29) is 11.6 Å². The topological polar surface area (TPSA) is 38.0 Å². The van der Waals surface area contributed by atoms with E-state index in [1.165, 1.54) is 11.3 Å². The SMILES string of the molecule is CC1(C)Nc2ccccc2[C@H]1N. The average molecular weight is 162 g/mol. The van der Waals surface area contributed by atoms with E-state index in [4.69, 9.17) is 5.73 Å². The molecule has 1 atom stereocenters. The fourth-order valence-electron chi connectivity index (χ4n) is 1.70. The first-order valence-electron chi connectivity index (χ1n) is 4.24. The lowest BCUT2D eigenvalue weighted by Gasteiger charge is -2.24. The molecule has 2 nitrogen and oxygen atoms in total. The van der Waals surface area contributed by atoms with Crippen molar-refractivity contribution in [3.05, 3.63) is 29.8 Å². The van der Waals surface area contributed by atoms with Crippen LogP contribution in [0.25, 0.3) is 0 Å². The fourth-order valence-corrected chi connectivity index (χ4v) is 1.70. The minimum absolute atomic E-state index is 0.0102. The van der Waals surface area contributed by atoms with E-state index in [0.717, 1.165) is 0 Å².